The van der Waals surface area contributed by atoms with Crippen molar-refractivity contribution >= 4 is 29.1 Å². The third-order valence-electron chi connectivity index (χ3n) is 6.26. The van der Waals surface area contributed by atoms with Gasteiger partial charge in [-0.3, -0.25) is 0 Å². The second-order valence-electron chi connectivity index (χ2n) is 8.39. The molecule has 5 rings (SSSR count). The van der Waals surface area contributed by atoms with Gasteiger partial charge in [-0.25, -0.2) is 4.98 Å². The number of aromatic nitrogens is 2. The van der Waals surface area contributed by atoms with Crippen molar-refractivity contribution in [3.05, 3.63) is 64.7 Å². The van der Waals surface area contributed by atoms with Crippen molar-refractivity contribution in [2.45, 2.75) is 13.0 Å². The zero-order valence-corrected chi connectivity index (χ0v) is 18.5. The van der Waals surface area contributed by atoms with Crippen LogP contribution in [0.2, 0.25) is 5.02 Å². The average Bonchev–Trinajstić information content (AvgIpc) is 2.79. The molecule has 2 aliphatic heterocycles. The molecule has 31 heavy (non-hydrogen) atoms. The molecule has 1 aromatic heterocycles. The Labute approximate surface area is 188 Å². The van der Waals surface area contributed by atoms with Gasteiger partial charge in [0, 0.05) is 61.6 Å². The Balaban J connectivity index is 1.42. The van der Waals surface area contributed by atoms with E-state index in [-0.39, 0.29) is 0 Å². The third kappa shape index (κ3) is 4.31. The Bertz CT molecular complexity index is 1080. The molecule has 3 heterocycles. The van der Waals surface area contributed by atoms with Crippen LogP contribution in [-0.2, 0) is 13.0 Å². The van der Waals surface area contributed by atoms with Crippen LogP contribution in [0.15, 0.2) is 48.5 Å². The quantitative estimate of drug-likeness (QED) is 0.678. The molecule has 2 aliphatic rings. The van der Waals surface area contributed by atoms with Crippen molar-refractivity contribution in [1.29, 1.82) is 0 Å². The maximum absolute atomic E-state index is 6.10. The molecular formula is C24H27ClN6. The summed E-state index contributed by atoms with van der Waals surface area (Å²) in [6.45, 7) is 5.83. The molecule has 0 aliphatic carbocycles. The van der Waals surface area contributed by atoms with Crippen LogP contribution >= 0.6 is 11.6 Å². The van der Waals surface area contributed by atoms with Crippen LogP contribution in [0.3, 0.4) is 0 Å². The van der Waals surface area contributed by atoms with Crippen molar-refractivity contribution in [3.8, 4) is 11.3 Å². The molecule has 0 spiro atoms. The molecule has 0 atom stereocenters. The Hall–Kier alpha value is -2.83. The normalized spacial score (nSPS) is 17.0. The van der Waals surface area contributed by atoms with Crippen molar-refractivity contribution in [2.75, 3.05) is 55.3 Å². The summed E-state index contributed by atoms with van der Waals surface area (Å²) in [5.41, 5.74) is 12.0. The minimum atomic E-state index is 0.326. The van der Waals surface area contributed by atoms with Gasteiger partial charge < -0.3 is 20.4 Å². The van der Waals surface area contributed by atoms with Gasteiger partial charge in [-0.15, -0.1) is 0 Å². The molecule has 1 fully saturated rings. The molecule has 0 saturated carbocycles. The van der Waals surface area contributed by atoms with Crippen molar-refractivity contribution in [3.63, 3.8) is 0 Å². The van der Waals surface area contributed by atoms with E-state index in [1.165, 1.54) is 16.8 Å². The van der Waals surface area contributed by atoms with Crippen LogP contribution in [0.4, 0.5) is 17.5 Å². The maximum Gasteiger partial charge on any atom is 0.222 e. The molecule has 0 amide bonds. The van der Waals surface area contributed by atoms with Gasteiger partial charge in [0.15, 0.2) is 0 Å². The fourth-order valence-electron chi connectivity index (χ4n) is 4.39. The van der Waals surface area contributed by atoms with Gasteiger partial charge in [0.25, 0.3) is 0 Å². The molecule has 0 unspecified atom stereocenters. The second-order valence-corrected chi connectivity index (χ2v) is 8.83. The SMILES string of the molecule is CN1CCN(c2cc(-c3ccc4c(c3)CN(c3ccc(Cl)cc3)CC4)nc(N)n2)CC1. The first-order chi connectivity index (χ1) is 15.0. The minimum absolute atomic E-state index is 0.326. The largest absolute Gasteiger partial charge is 0.368 e. The van der Waals surface area contributed by atoms with Gasteiger partial charge in [-0.1, -0.05) is 23.7 Å². The number of piperazine rings is 1. The zero-order chi connectivity index (χ0) is 21.4. The summed E-state index contributed by atoms with van der Waals surface area (Å²) >= 11 is 6.06. The number of likely N-dealkylation sites (N-methyl/N-ethyl adjacent to an activating group) is 1. The summed E-state index contributed by atoms with van der Waals surface area (Å²) in [6.07, 6.45) is 1.02. The molecule has 2 aromatic carbocycles. The van der Waals surface area contributed by atoms with E-state index in [2.05, 4.69) is 68.1 Å². The first-order valence-electron chi connectivity index (χ1n) is 10.8. The monoisotopic (exact) mass is 434 g/mol. The van der Waals surface area contributed by atoms with Gasteiger partial charge in [0.05, 0.1) is 5.69 Å². The van der Waals surface area contributed by atoms with Crippen molar-refractivity contribution in [1.82, 2.24) is 14.9 Å². The summed E-state index contributed by atoms with van der Waals surface area (Å²) in [4.78, 5) is 16.1. The predicted molar refractivity (Wildman–Crippen MR) is 128 cm³/mol. The Morgan fingerprint density at radius 1 is 0.839 bits per heavy atom. The highest BCUT2D eigenvalue weighted by atomic mass is 35.5. The van der Waals surface area contributed by atoms with Gasteiger partial charge in [0.2, 0.25) is 5.95 Å². The Kier molecular flexibility index (Phi) is 5.42. The van der Waals surface area contributed by atoms with E-state index in [4.69, 9.17) is 17.3 Å². The molecule has 0 radical (unpaired) electrons. The topological polar surface area (TPSA) is 61.5 Å². The first kappa shape index (κ1) is 20.1. The highest BCUT2D eigenvalue weighted by molar-refractivity contribution is 6.30. The maximum atomic E-state index is 6.10. The lowest BCUT2D eigenvalue weighted by molar-refractivity contribution is 0.312. The van der Waals surface area contributed by atoms with Gasteiger partial charge in [-0.05, 0) is 54.9 Å². The highest BCUT2D eigenvalue weighted by Crippen LogP contribution is 2.30. The van der Waals surface area contributed by atoms with Gasteiger partial charge in [0.1, 0.15) is 5.82 Å². The fourth-order valence-corrected chi connectivity index (χ4v) is 4.51. The number of nitrogens with two attached hydrogens (primary N) is 1. The lowest BCUT2D eigenvalue weighted by atomic mass is 9.96. The van der Waals surface area contributed by atoms with Crippen LogP contribution in [0, 0.1) is 0 Å². The number of halogens is 1. The van der Waals surface area contributed by atoms with E-state index in [0.717, 1.165) is 67.8 Å². The van der Waals surface area contributed by atoms with Gasteiger partial charge >= 0.3 is 0 Å². The number of hydrogen-bond donors (Lipinski definition) is 1. The molecule has 7 heteroatoms. The second kappa shape index (κ2) is 8.36. The number of benzene rings is 2. The summed E-state index contributed by atoms with van der Waals surface area (Å²) in [6, 6.07) is 16.8. The number of nitrogens with zero attached hydrogens (tertiary/aromatic N) is 5. The first-order valence-corrected chi connectivity index (χ1v) is 11.1. The average molecular weight is 435 g/mol. The number of fused-ring (bicyclic) bond motifs is 1. The van der Waals surface area contributed by atoms with Crippen LogP contribution in [-0.4, -0.2) is 54.6 Å². The van der Waals surface area contributed by atoms with Crippen molar-refractivity contribution in [2.24, 2.45) is 0 Å². The summed E-state index contributed by atoms with van der Waals surface area (Å²) in [5.74, 6) is 1.24. The third-order valence-corrected chi connectivity index (χ3v) is 6.52. The van der Waals surface area contributed by atoms with E-state index in [1.54, 1.807) is 0 Å². The van der Waals surface area contributed by atoms with Crippen LogP contribution in [0.5, 0.6) is 0 Å². The zero-order valence-electron chi connectivity index (χ0n) is 17.8. The fraction of sp³-hybridized carbons (Fsp3) is 0.333. The van der Waals surface area contributed by atoms with Gasteiger partial charge in [-0.2, -0.15) is 4.98 Å². The van der Waals surface area contributed by atoms with Crippen LogP contribution in [0.1, 0.15) is 11.1 Å². The Morgan fingerprint density at radius 3 is 2.39 bits per heavy atom. The summed E-state index contributed by atoms with van der Waals surface area (Å²) < 4.78 is 0. The van der Waals surface area contributed by atoms with E-state index >= 15 is 0 Å². The number of nitrogen functional groups attached to an aromatic ring is 1. The standard InChI is InChI=1S/C24H27ClN6/c1-29-10-12-30(13-11-29)23-15-22(27-24(26)28-23)18-3-2-17-8-9-31(16-19(17)14-18)21-6-4-20(25)5-7-21/h2-7,14-15H,8-13,16H2,1H3,(H2,26,27,28). The van der Waals surface area contributed by atoms with E-state index in [9.17, 15) is 0 Å². The molecule has 1 saturated heterocycles. The van der Waals surface area contributed by atoms with Crippen LogP contribution < -0.4 is 15.5 Å². The smallest absolute Gasteiger partial charge is 0.222 e. The molecule has 0 bridgehead atoms. The van der Waals surface area contributed by atoms with Crippen LogP contribution in [0.25, 0.3) is 11.3 Å². The van der Waals surface area contributed by atoms with E-state index < -0.39 is 0 Å². The molecule has 6 nitrogen and oxygen atoms in total. The molecule has 2 N–H and O–H groups in total. The molecular weight excluding hydrogens is 408 g/mol. The summed E-state index contributed by atoms with van der Waals surface area (Å²) in [7, 11) is 2.15. The number of rotatable bonds is 3. The van der Waals surface area contributed by atoms with E-state index in [1.807, 2.05) is 12.1 Å². The summed E-state index contributed by atoms with van der Waals surface area (Å²) in [5, 5.41) is 0.765. The highest BCUT2D eigenvalue weighted by Gasteiger charge is 2.20. The predicted octanol–water partition coefficient (Wildman–Crippen LogP) is 3.69. The molecule has 3 aromatic rings. The number of anilines is 3. The lowest BCUT2D eigenvalue weighted by Gasteiger charge is -2.33. The van der Waals surface area contributed by atoms with E-state index in [0.29, 0.717) is 5.95 Å². The van der Waals surface area contributed by atoms with Crippen molar-refractivity contribution < 1.29 is 0 Å². The molecule has 160 valence electrons. The minimum Gasteiger partial charge on any atom is -0.368 e. The lowest BCUT2D eigenvalue weighted by Crippen LogP contribution is -2.44. The number of hydrogen-bond acceptors (Lipinski definition) is 6. The Morgan fingerprint density at radius 2 is 1.61 bits per heavy atom.